The second-order valence-corrected chi connectivity index (χ2v) is 5.96. The molecule has 0 bridgehead atoms. The number of azo groups is 1. The summed E-state index contributed by atoms with van der Waals surface area (Å²) < 4.78 is 26.1. The lowest BCUT2D eigenvalue weighted by Crippen LogP contribution is -2.26. The molecule has 0 aliphatic heterocycles. The van der Waals surface area contributed by atoms with Crippen molar-refractivity contribution in [3.8, 4) is 0 Å². The average molecular weight is 325 g/mol. The van der Waals surface area contributed by atoms with Crippen molar-refractivity contribution in [1.82, 2.24) is 14.9 Å². The van der Waals surface area contributed by atoms with Crippen LogP contribution < -0.4 is 16.2 Å². The van der Waals surface area contributed by atoms with Crippen LogP contribution in [0.3, 0.4) is 0 Å². The predicted octanol–water partition coefficient (Wildman–Crippen LogP) is 0.260. The first-order chi connectivity index (χ1) is 10.4. The van der Waals surface area contributed by atoms with Crippen LogP contribution in [0.2, 0.25) is 0 Å². The van der Waals surface area contributed by atoms with Crippen molar-refractivity contribution >= 4 is 33.0 Å². The first-order valence-corrected chi connectivity index (χ1v) is 7.64. The summed E-state index contributed by atoms with van der Waals surface area (Å²) in [4.78, 5) is 0.00513. The highest BCUT2D eigenvalue weighted by Gasteiger charge is 2.13. The van der Waals surface area contributed by atoms with Gasteiger partial charge in [0.25, 0.3) is 0 Å². The molecule has 10 nitrogen and oxygen atoms in total. The lowest BCUT2D eigenvalue weighted by molar-refractivity contribution is 0.301. The second kappa shape index (κ2) is 6.51. The van der Waals surface area contributed by atoms with Crippen LogP contribution in [0.25, 0.3) is 0 Å². The number of hydrogen-bond acceptors (Lipinski definition) is 8. The van der Waals surface area contributed by atoms with E-state index in [9.17, 15) is 8.42 Å². The Balaban J connectivity index is 2.26. The maximum atomic E-state index is 11.9. The molecule has 22 heavy (non-hydrogen) atoms. The molecule has 0 spiro atoms. The molecule has 0 radical (unpaired) electrons. The molecule has 1 aromatic carbocycles. The van der Waals surface area contributed by atoms with E-state index in [0.29, 0.717) is 5.69 Å². The highest BCUT2D eigenvalue weighted by Crippen LogP contribution is 2.28. The summed E-state index contributed by atoms with van der Waals surface area (Å²) in [6, 6.07) is 5.82. The Morgan fingerprint density at radius 3 is 2.73 bits per heavy atom. The van der Waals surface area contributed by atoms with Crippen molar-refractivity contribution in [2.24, 2.45) is 10.2 Å². The Morgan fingerprint density at radius 2 is 2.09 bits per heavy atom. The van der Waals surface area contributed by atoms with Gasteiger partial charge in [0.2, 0.25) is 10.0 Å². The van der Waals surface area contributed by atoms with Gasteiger partial charge in [0.1, 0.15) is 5.82 Å². The van der Waals surface area contributed by atoms with Gasteiger partial charge in [-0.05, 0) is 18.2 Å². The van der Waals surface area contributed by atoms with Gasteiger partial charge >= 0.3 is 0 Å². The summed E-state index contributed by atoms with van der Waals surface area (Å²) in [7, 11) is -3.71. The van der Waals surface area contributed by atoms with E-state index in [0.717, 1.165) is 0 Å². The summed E-state index contributed by atoms with van der Waals surface area (Å²) >= 11 is 0. The molecule has 118 valence electrons. The number of anilines is 2. The molecule has 0 saturated carbocycles. The fourth-order valence-corrected chi connectivity index (χ4v) is 2.61. The second-order valence-electron chi connectivity index (χ2n) is 4.19. The van der Waals surface area contributed by atoms with E-state index < -0.39 is 10.0 Å². The number of nitrogens with one attached hydrogen (secondary N) is 2. The Labute approximate surface area is 126 Å². The molecule has 0 atom stereocenters. The van der Waals surface area contributed by atoms with Crippen LogP contribution in [0.4, 0.5) is 23.0 Å². The molecule has 1 aromatic heterocycles. The summed E-state index contributed by atoms with van der Waals surface area (Å²) in [5.74, 6) is 0.254. The molecule has 2 rings (SSSR count). The van der Waals surface area contributed by atoms with Crippen LogP contribution in [-0.2, 0) is 10.0 Å². The summed E-state index contributed by atoms with van der Waals surface area (Å²) in [5.41, 5.74) is 11.6. The molecule has 1 heterocycles. The molecular weight excluding hydrogens is 310 g/mol. The number of aromatic nitrogens is 2. The minimum absolute atomic E-state index is 0.00513. The quantitative estimate of drug-likeness (QED) is 0.476. The maximum absolute atomic E-state index is 11.9. The molecule has 11 heteroatoms. The number of aliphatic hydroxyl groups excluding tert-OH is 1. The molecule has 0 fully saturated rings. The number of H-pyrrole nitrogens is 1. The maximum Gasteiger partial charge on any atom is 0.240 e. The first-order valence-electron chi connectivity index (χ1n) is 6.15. The molecule has 0 unspecified atom stereocenters. The van der Waals surface area contributed by atoms with Gasteiger partial charge in [0, 0.05) is 6.54 Å². The third kappa shape index (κ3) is 3.58. The molecule has 2 aromatic rings. The number of sulfonamides is 1. The van der Waals surface area contributed by atoms with Gasteiger partial charge in [-0.1, -0.05) is 6.07 Å². The van der Waals surface area contributed by atoms with Gasteiger partial charge in [0.05, 0.1) is 17.2 Å². The number of aromatic amines is 1. The highest BCUT2D eigenvalue weighted by molar-refractivity contribution is 7.89. The van der Waals surface area contributed by atoms with Gasteiger partial charge in [-0.15, -0.1) is 5.11 Å². The van der Waals surface area contributed by atoms with Crippen molar-refractivity contribution in [3.63, 3.8) is 0 Å². The van der Waals surface area contributed by atoms with Crippen LogP contribution >= 0.6 is 0 Å². The van der Waals surface area contributed by atoms with E-state index in [1.54, 1.807) is 6.07 Å². The zero-order chi connectivity index (χ0) is 16.2. The lowest BCUT2D eigenvalue weighted by atomic mass is 10.3. The molecule has 0 aliphatic rings. The Morgan fingerprint density at radius 1 is 1.32 bits per heavy atom. The van der Waals surface area contributed by atoms with Gasteiger partial charge in [-0.2, -0.15) is 10.2 Å². The van der Waals surface area contributed by atoms with Crippen LogP contribution in [0.5, 0.6) is 0 Å². The molecule has 7 N–H and O–H groups in total. The van der Waals surface area contributed by atoms with Gasteiger partial charge in [0.15, 0.2) is 11.5 Å². The fourth-order valence-electron chi connectivity index (χ4n) is 1.55. The van der Waals surface area contributed by atoms with Crippen LogP contribution in [-0.4, -0.2) is 36.9 Å². The van der Waals surface area contributed by atoms with E-state index in [4.69, 9.17) is 16.6 Å². The number of hydrogen-bond donors (Lipinski definition) is 5. The zero-order valence-electron chi connectivity index (χ0n) is 11.4. The first kappa shape index (κ1) is 15.9. The van der Waals surface area contributed by atoms with Gasteiger partial charge in [-0.25, -0.2) is 13.1 Å². The number of nitrogen functional groups attached to an aromatic ring is 2. The number of nitrogens with two attached hydrogens (primary N) is 2. The third-order valence-electron chi connectivity index (χ3n) is 2.59. The fraction of sp³-hybridized carbons (Fsp3) is 0.182. The Hall–Kier alpha value is -2.50. The Kier molecular flexibility index (Phi) is 4.70. The number of benzene rings is 1. The minimum Gasteiger partial charge on any atom is -0.395 e. The normalized spacial score (nSPS) is 12.0. The van der Waals surface area contributed by atoms with Gasteiger partial charge < -0.3 is 16.6 Å². The van der Waals surface area contributed by atoms with E-state index >= 15 is 0 Å². The van der Waals surface area contributed by atoms with Gasteiger partial charge in [-0.3, -0.25) is 5.10 Å². The number of rotatable bonds is 6. The van der Waals surface area contributed by atoms with E-state index in [2.05, 4.69) is 25.1 Å². The van der Waals surface area contributed by atoms with Crippen LogP contribution in [0, 0.1) is 0 Å². The summed E-state index contributed by atoms with van der Waals surface area (Å²) in [6.45, 7) is -0.367. The van der Waals surface area contributed by atoms with E-state index in [1.165, 1.54) is 18.2 Å². The minimum atomic E-state index is -3.71. The van der Waals surface area contributed by atoms with Crippen molar-refractivity contribution in [1.29, 1.82) is 0 Å². The third-order valence-corrected chi connectivity index (χ3v) is 4.05. The van der Waals surface area contributed by atoms with Crippen molar-refractivity contribution in [3.05, 3.63) is 24.3 Å². The summed E-state index contributed by atoms with van der Waals surface area (Å²) in [6.07, 6.45) is 0. The topological polar surface area (TPSA) is 172 Å². The predicted molar refractivity (Wildman–Crippen MR) is 80.3 cm³/mol. The lowest BCUT2D eigenvalue weighted by Gasteiger charge is -2.05. The van der Waals surface area contributed by atoms with E-state index in [-0.39, 0.29) is 35.4 Å². The number of aliphatic hydroxyl groups is 1. The van der Waals surface area contributed by atoms with Crippen LogP contribution in [0.1, 0.15) is 0 Å². The SMILES string of the molecule is Nc1n[nH]c(N)c1N=Nc1cccc(S(=O)(=O)NCCO)c1. The molecule has 0 saturated heterocycles. The van der Waals surface area contributed by atoms with E-state index in [1.807, 2.05) is 0 Å². The van der Waals surface area contributed by atoms with Crippen molar-refractivity contribution in [2.75, 3.05) is 24.6 Å². The average Bonchev–Trinajstić information content (AvgIpc) is 2.82. The summed E-state index contributed by atoms with van der Waals surface area (Å²) in [5, 5.41) is 22.5. The highest BCUT2D eigenvalue weighted by atomic mass is 32.2. The van der Waals surface area contributed by atoms with Crippen molar-refractivity contribution < 1.29 is 13.5 Å². The largest absolute Gasteiger partial charge is 0.395 e. The standard InChI is InChI=1S/C11H15N7O3S/c12-10-9(11(13)18-17-10)16-15-7-2-1-3-8(6-7)22(20,21)14-4-5-19/h1-3,6,14,19H,4-5H2,(H5,12,13,17,18). The Bertz CT molecular complexity index is 765. The number of nitrogens with zero attached hydrogens (tertiary/aromatic N) is 3. The van der Waals surface area contributed by atoms with Crippen LogP contribution in [0.15, 0.2) is 39.4 Å². The zero-order valence-corrected chi connectivity index (χ0v) is 12.2. The molecule has 0 amide bonds. The smallest absolute Gasteiger partial charge is 0.240 e. The monoisotopic (exact) mass is 325 g/mol. The van der Waals surface area contributed by atoms with Crippen molar-refractivity contribution in [2.45, 2.75) is 4.90 Å². The molecule has 0 aliphatic carbocycles. The molecular formula is C11H15N7O3S.